The minimum Gasteiger partial charge on any atom is -0.456 e. The highest BCUT2D eigenvalue weighted by Crippen LogP contribution is 2.64. The number of ether oxygens (including phenoxy) is 3. The number of hydrogen-bond donors (Lipinski definition) is 0. The molecule has 600 valence electrons. The van der Waals surface area contributed by atoms with Crippen molar-refractivity contribution in [1.82, 2.24) is 56.3 Å². The fourth-order valence-electron chi connectivity index (χ4n) is 27.6. The molecule has 9 aliphatic heterocycles. The van der Waals surface area contributed by atoms with Gasteiger partial charge in [0.15, 0.2) is 71.7 Å². The van der Waals surface area contributed by atoms with E-state index in [1.807, 2.05) is 74.0 Å². The first kappa shape index (κ1) is 64.5. The Balaban J connectivity index is 0.0000000844. The van der Waals surface area contributed by atoms with Gasteiger partial charge in [0.05, 0.1) is 49.5 Å². The van der Waals surface area contributed by atoms with Gasteiger partial charge in [0.2, 0.25) is 11.3 Å². The van der Waals surface area contributed by atoms with Crippen LogP contribution < -0.4 is 41.6 Å². The summed E-state index contributed by atoms with van der Waals surface area (Å²) in [5.41, 5.74) is 33.2. The number of imidazole rings is 6. The molecule has 30 aromatic rings. The van der Waals surface area contributed by atoms with Crippen LogP contribution in [-0.2, 0) is 17.0 Å². The molecule has 21 nitrogen and oxygen atoms in total. The Morgan fingerprint density at radius 1 is 0.205 bits per heavy atom. The first-order valence-corrected chi connectivity index (χ1v) is 44.8. The van der Waals surface area contributed by atoms with Crippen molar-refractivity contribution in [2.75, 3.05) is 0 Å². The minimum atomic E-state index is -0.753. The maximum Gasteiger partial charge on any atom is 0.316 e. The van der Waals surface area contributed by atoms with Gasteiger partial charge in [-0.15, -0.1) is 4.98 Å². The topological polar surface area (TPSA) is 155 Å². The number of rotatable bonds is 0. The zero-order chi connectivity index (χ0) is 84.2. The summed E-state index contributed by atoms with van der Waals surface area (Å²) < 4.78 is 50.8. The van der Waals surface area contributed by atoms with Crippen molar-refractivity contribution in [2.24, 2.45) is 0 Å². The highest BCUT2D eigenvalue weighted by molar-refractivity contribution is 6.24. The molecule has 21 heteroatoms. The van der Waals surface area contributed by atoms with Gasteiger partial charge in [-0.3, -0.25) is 19.9 Å². The quantitative estimate of drug-likeness (QED) is 0.107. The number of aromatic nitrogens is 18. The summed E-state index contributed by atoms with van der Waals surface area (Å²) in [5, 5.41) is 20.2. The van der Waals surface area contributed by atoms with Gasteiger partial charge in [-0.25, -0.2) is 9.38 Å². The third kappa shape index (κ3) is 6.27. The molecule has 2 atom stereocenters. The van der Waals surface area contributed by atoms with Crippen molar-refractivity contribution in [3.8, 4) is 34.5 Å². The minimum absolute atomic E-state index is 0.703. The van der Waals surface area contributed by atoms with E-state index in [0.717, 1.165) is 151 Å². The zero-order valence-electron chi connectivity index (χ0n) is 69.0. The normalized spacial score (nSPS) is 16.6. The molecule has 2 unspecified atom stereocenters. The largest absolute Gasteiger partial charge is 0.456 e. The average molecular weight is 1690 g/mol. The first-order chi connectivity index (χ1) is 65.6. The summed E-state index contributed by atoms with van der Waals surface area (Å²) in [6, 6.07) is 98.3. The Hall–Kier alpha value is -18.2. The smallest absolute Gasteiger partial charge is 0.316 e. The van der Waals surface area contributed by atoms with E-state index in [1.54, 1.807) is 0 Å². The average Bonchev–Trinajstić information content (AvgIpc) is 1.46. The standard InChI is InChI=1S/3C37H18N6O/c1-3-9-25-23(7-1)40-27-18-38-17-15-19(27)20-11-13-28-32-30(20)35(40)42(25)37(32)33-29(44-28)14-12-21-22-6-5-16-39-34(22)41-24-8-2-4-10-26(24)43(37)36(41)31(21)33;1-3-7-27-25(5-1)40-23-13-15-38-17-21(23)19-9-11-29-33-31(19)35(40)42(27)37(33)34-30(44-29)12-10-20-22-18-39-16-14-24(22)41-26-6-2-4-8-28(26)43(37)36(41)32(20)34;1-2-8-22-19(7-1)20-13-15-27-31-29(20)36-40(22)26-12-6-18-39-34(26)43(36)37(31)32-28(44-27)16-14-21-30(32)35-41(25-11-5-17-38-33(21)25)23-9-3-4-10-24(23)42(35)37/h3*1-18H/q3*+2. The van der Waals surface area contributed by atoms with E-state index in [-0.39, 0.29) is 0 Å². The second-order valence-electron chi connectivity index (χ2n) is 36.7. The van der Waals surface area contributed by atoms with Crippen molar-refractivity contribution in [3.05, 3.63) is 362 Å². The third-order valence-corrected chi connectivity index (χ3v) is 31.6. The summed E-state index contributed by atoms with van der Waals surface area (Å²) in [4.78, 5) is 28.9. The lowest BCUT2D eigenvalue weighted by Crippen LogP contribution is -2.72. The van der Waals surface area contributed by atoms with Crippen molar-refractivity contribution in [3.63, 3.8) is 0 Å². The Morgan fingerprint density at radius 3 is 1.01 bits per heavy atom. The van der Waals surface area contributed by atoms with E-state index in [0.29, 0.717) is 0 Å². The van der Waals surface area contributed by atoms with Crippen LogP contribution in [0.3, 0.4) is 0 Å². The molecule has 39 rings (SSSR count). The van der Waals surface area contributed by atoms with Crippen LogP contribution in [-0.4, -0.2) is 56.3 Å². The Labute approximate surface area is 737 Å². The fraction of sp³-hybridized carbons (Fsp3) is 0.0270. The molecule has 27 heterocycles. The highest BCUT2D eigenvalue weighted by atomic mass is 16.5. The van der Waals surface area contributed by atoms with Gasteiger partial charge in [-0.2, -0.15) is 49.4 Å². The summed E-state index contributed by atoms with van der Waals surface area (Å²) in [6.45, 7) is 0. The van der Waals surface area contributed by atoms with Crippen molar-refractivity contribution < 1.29 is 41.6 Å². The molecular weight excluding hydrogens is 1630 g/mol. The van der Waals surface area contributed by atoms with Gasteiger partial charge in [0, 0.05) is 104 Å². The lowest BCUT2D eigenvalue weighted by molar-refractivity contribution is -0.924. The SMILES string of the molecule is c1ccc2c(c1)c1ccc3c4c1c1n2c2cccnc2[n+]1C41c2c(ccc4c5ncccc5n5c6ccccc6[n+]1c5c24)O3.c1ccc2c(c1)n1c3ccncc3c3ccc4c5c3c1[n+]2C51c2c(ccc3c5cnccc5n5c6ccccc6[n+]1c5c23)O4.c1cnc2c(c1)c1ccc3c4c1c1n2c2ccccc2[n+]1C41c2c(ccc4c5ccncc5n5c6ccccc6[n+]1c5c24)O3. The Kier molecular flexibility index (Phi) is 10.1. The molecule has 0 saturated carbocycles. The molecule has 9 aliphatic rings. The maximum absolute atomic E-state index is 6.92. The molecule has 3 spiro atoms. The first-order valence-electron chi connectivity index (χ1n) is 44.8. The molecular formula is C111H54N18O3+6. The molecule has 0 radical (unpaired) electrons. The summed E-state index contributed by atoms with van der Waals surface area (Å²) in [6.07, 6.45) is 17.5. The van der Waals surface area contributed by atoms with E-state index in [2.05, 4.69) is 324 Å². The van der Waals surface area contributed by atoms with Crippen LogP contribution >= 0.6 is 0 Å². The van der Waals surface area contributed by atoms with Crippen LogP contribution in [0.2, 0.25) is 0 Å². The third-order valence-electron chi connectivity index (χ3n) is 31.6. The number of para-hydroxylation sites is 11. The molecule has 132 heavy (non-hydrogen) atoms. The highest BCUT2D eigenvalue weighted by Gasteiger charge is 2.71. The van der Waals surface area contributed by atoms with Crippen molar-refractivity contribution in [1.29, 1.82) is 0 Å². The Morgan fingerprint density at radius 2 is 0.515 bits per heavy atom. The van der Waals surface area contributed by atoms with Gasteiger partial charge >= 0.3 is 39.6 Å². The van der Waals surface area contributed by atoms with Crippen LogP contribution in [0, 0.1) is 0 Å². The number of benzene rings is 12. The lowest BCUT2D eigenvalue weighted by atomic mass is 9.85. The molecule has 0 bridgehead atoms. The fourth-order valence-corrected chi connectivity index (χ4v) is 27.6. The molecule has 0 saturated heterocycles. The van der Waals surface area contributed by atoms with Gasteiger partial charge in [-0.05, 0) is 187 Å². The van der Waals surface area contributed by atoms with Gasteiger partial charge < -0.3 is 14.2 Å². The number of nitrogens with zero attached hydrogens (tertiary/aromatic N) is 18. The van der Waals surface area contributed by atoms with E-state index in [4.69, 9.17) is 29.2 Å². The zero-order valence-corrected chi connectivity index (χ0v) is 69.0. The van der Waals surface area contributed by atoms with E-state index in [1.165, 1.54) is 148 Å². The molecule has 0 N–H and O–H groups in total. The lowest BCUT2D eigenvalue weighted by Gasteiger charge is -2.31. The maximum atomic E-state index is 6.92. The van der Waals surface area contributed by atoms with E-state index in [9.17, 15) is 0 Å². The number of fused-ring (bicyclic) bond motifs is 36. The molecule has 18 aromatic heterocycles. The second kappa shape index (κ2) is 20.7. The second-order valence-corrected chi connectivity index (χ2v) is 36.7. The van der Waals surface area contributed by atoms with Crippen LogP contribution in [0.1, 0.15) is 33.4 Å². The molecule has 12 aromatic carbocycles. The van der Waals surface area contributed by atoms with E-state index >= 15 is 0 Å². The number of pyridine rings is 12. The van der Waals surface area contributed by atoms with Crippen molar-refractivity contribution in [2.45, 2.75) is 17.0 Å². The van der Waals surface area contributed by atoms with Crippen LogP contribution in [0.5, 0.6) is 34.5 Å². The predicted molar refractivity (Wildman–Crippen MR) is 502 cm³/mol. The van der Waals surface area contributed by atoms with Crippen molar-refractivity contribution >= 4 is 231 Å². The monoisotopic (exact) mass is 1690 g/mol. The van der Waals surface area contributed by atoms with Crippen LogP contribution in [0.15, 0.2) is 329 Å². The molecule has 0 fully saturated rings. The van der Waals surface area contributed by atoms with Crippen LogP contribution in [0.25, 0.3) is 231 Å². The van der Waals surface area contributed by atoms with Gasteiger partial charge in [0.25, 0.3) is 11.3 Å². The van der Waals surface area contributed by atoms with E-state index < -0.39 is 17.0 Å². The number of hydrogen-bond acceptors (Lipinski definition) is 9. The van der Waals surface area contributed by atoms with Gasteiger partial charge in [-0.1, -0.05) is 78.9 Å². The summed E-state index contributed by atoms with van der Waals surface area (Å²) >= 11 is 0. The van der Waals surface area contributed by atoms with Crippen LogP contribution in [0.4, 0.5) is 0 Å². The Bertz CT molecular complexity index is 9660. The molecule has 0 aliphatic carbocycles. The summed E-state index contributed by atoms with van der Waals surface area (Å²) in [5.74, 6) is 5.37. The summed E-state index contributed by atoms with van der Waals surface area (Å²) in [7, 11) is 0. The van der Waals surface area contributed by atoms with Gasteiger partial charge in [0.1, 0.15) is 90.6 Å². The predicted octanol–water partition coefficient (Wildman–Crippen LogP) is 19.5. The molecule has 0 amide bonds.